The van der Waals surface area contributed by atoms with Gasteiger partial charge in [-0.2, -0.15) is 0 Å². The molecule has 0 spiro atoms. The van der Waals surface area contributed by atoms with Gasteiger partial charge in [0.25, 0.3) is 20.0 Å². The molecule has 0 aliphatic carbocycles. The van der Waals surface area contributed by atoms with Gasteiger partial charge in [0.05, 0.1) is 21.2 Å². The van der Waals surface area contributed by atoms with E-state index < -0.39 is 32.4 Å². The molecule has 224 valence electrons. The van der Waals surface area contributed by atoms with Crippen LogP contribution in [-0.2, 0) is 20.0 Å². The van der Waals surface area contributed by atoms with E-state index in [4.69, 9.17) is 0 Å². The van der Waals surface area contributed by atoms with E-state index in [0.29, 0.717) is 35.5 Å². The van der Waals surface area contributed by atoms with Crippen LogP contribution in [0.25, 0.3) is 0 Å². The lowest BCUT2D eigenvalue weighted by Crippen LogP contribution is -2.59. The highest BCUT2D eigenvalue weighted by atomic mass is 32.2. The number of anilines is 2. The topological polar surface area (TPSA) is 81.2 Å². The normalized spacial score (nSPS) is 18.4. The van der Waals surface area contributed by atoms with Crippen molar-refractivity contribution in [1.82, 2.24) is 9.80 Å². The number of hydrogen-bond acceptors (Lipinski definition) is 6. The second-order valence-corrected chi connectivity index (χ2v) is 15.1. The molecule has 10 heteroatoms. The molecule has 4 aromatic rings. The highest BCUT2D eigenvalue weighted by Crippen LogP contribution is 2.56. The lowest BCUT2D eigenvalue weighted by atomic mass is 9.95. The quantitative estimate of drug-likeness (QED) is 0.254. The lowest BCUT2D eigenvalue weighted by Gasteiger charge is -2.56. The first-order valence-corrected chi connectivity index (χ1v) is 17.2. The van der Waals surface area contributed by atoms with Gasteiger partial charge in [0.2, 0.25) is 0 Å². The Kier molecular flexibility index (Phi) is 7.58. The molecule has 2 atom stereocenters. The van der Waals surface area contributed by atoms with Crippen LogP contribution in [-0.4, -0.2) is 53.8 Å². The summed E-state index contributed by atoms with van der Waals surface area (Å²) >= 11 is 0. The molecule has 0 saturated carbocycles. The summed E-state index contributed by atoms with van der Waals surface area (Å²) in [6.45, 7) is 5.07. The number of benzene rings is 4. The lowest BCUT2D eigenvalue weighted by molar-refractivity contribution is 0.118. The van der Waals surface area contributed by atoms with E-state index in [1.807, 2.05) is 57.1 Å². The second kappa shape index (κ2) is 11.1. The average molecular weight is 617 g/mol. The van der Waals surface area contributed by atoms with Gasteiger partial charge in [0.15, 0.2) is 0 Å². The van der Waals surface area contributed by atoms with Crippen LogP contribution >= 0.6 is 0 Å². The van der Waals surface area contributed by atoms with Crippen LogP contribution < -0.4 is 8.61 Å². The van der Waals surface area contributed by atoms with E-state index >= 15 is 0 Å². The van der Waals surface area contributed by atoms with Crippen molar-refractivity contribution in [1.29, 1.82) is 0 Å². The van der Waals surface area contributed by atoms with Gasteiger partial charge < -0.3 is 4.90 Å². The first kappa shape index (κ1) is 29.4. The summed E-state index contributed by atoms with van der Waals surface area (Å²) in [6.07, 6.45) is -0.802. The summed E-state index contributed by atoms with van der Waals surface area (Å²) < 4.78 is 61.3. The molecule has 2 bridgehead atoms. The summed E-state index contributed by atoms with van der Waals surface area (Å²) in [4.78, 5) is 4.48. The molecule has 0 unspecified atom stereocenters. The number of hydrogen-bond donors (Lipinski definition) is 0. The third-order valence-corrected chi connectivity index (χ3v) is 11.7. The molecule has 4 aromatic carbocycles. The van der Waals surface area contributed by atoms with Gasteiger partial charge in [-0.15, -0.1) is 0 Å². The average Bonchev–Trinajstić information content (AvgIpc) is 2.97. The number of fused-ring (bicyclic) bond motifs is 6. The monoisotopic (exact) mass is 616 g/mol. The largest absolute Gasteiger partial charge is 0.309 e. The van der Waals surface area contributed by atoms with Crippen molar-refractivity contribution >= 4 is 31.4 Å². The van der Waals surface area contributed by atoms with Crippen molar-refractivity contribution < 1.29 is 16.8 Å². The Balaban J connectivity index is 1.62. The molecule has 0 amide bonds. The van der Waals surface area contributed by atoms with Crippen molar-refractivity contribution in [3.63, 3.8) is 0 Å². The number of sulfonamides is 2. The number of aryl methyl sites for hydroxylation is 2. The first-order valence-electron chi connectivity index (χ1n) is 14.3. The highest BCUT2D eigenvalue weighted by molar-refractivity contribution is 7.93. The first-order chi connectivity index (χ1) is 20.5. The zero-order chi connectivity index (χ0) is 30.5. The highest BCUT2D eigenvalue weighted by Gasteiger charge is 2.54. The Hall–Kier alpha value is -3.70. The van der Waals surface area contributed by atoms with Crippen LogP contribution in [0.3, 0.4) is 0 Å². The summed E-state index contributed by atoms with van der Waals surface area (Å²) in [5, 5.41) is 0. The van der Waals surface area contributed by atoms with E-state index in [9.17, 15) is 16.8 Å². The van der Waals surface area contributed by atoms with E-state index in [1.54, 1.807) is 72.8 Å². The van der Waals surface area contributed by atoms with Crippen LogP contribution in [0.1, 0.15) is 41.0 Å². The van der Waals surface area contributed by atoms with Gasteiger partial charge in [-0.05, 0) is 77.3 Å². The van der Waals surface area contributed by atoms with Crippen LogP contribution in [0, 0.1) is 13.8 Å². The third kappa shape index (κ3) is 5.02. The third-order valence-electron chi connectivity index (χ3n) is 8.15. The van der Waals surface area contributed by atoms with Crippen molar-refractivity contribution in [2.45, 2.75) is 42.4 Å². The number of rotatable bonds is 8. The fourth-order valence-corrected chi connectivity index (χ4v) is 9.33. The molecule has 0 saturated heterocycles. The maximum Gasteiger partial charge on any atom is 0.265 e. The maximum atomic E-state index is 14.6. The van der Waals surface area contributed by atoms with Crippen LogP contribution in [0.2, 0.25) is 0 Å². The van der Waals surface area contributed by atoms with E-state index in [1.165, 1.54) is 8.61 Å². The Morgan fingerprint density at radius 3 is 1.40 bits per heavy atom. The van der Waals surface area contributed by atoms with E-state index in [2.05, 4.69) is 4.90 Å². The molecule has 0 aromatic heterocycles. The van der Waals surface area contributed by atoms with Crippen molar-refractivity contribution in [2.24, 2.45) is 0 Å². The zero-order valence-corrected chi connectivity index (χ0v) is 26.4. The van der Waals surface area contributed by atoms with Gasteiger partial charge >= 0.3 is 0 Å². The minimum Gasteiger partial charge on any atom is -0.309 e. The molecule has 0 fully saturated rings. The molecule has 43 heavy (non-hydrogen) atoms. The molecule has 2 aliphatic heterocycles. The molecule has 0 radical (unpaired) electrons. The van der Waals surface area contributed by atoms with Crippen LogP contribution in [0.5, 0.6) is 0 Å². The summed E-state index contributed by atoms with van der Waals surface area (Å²) in [6, 6.07) is 28.3. The summed E-state index contributed by atoms with van der Waals surface area (Å²) in [7, 11) is -4.13. The van der Waals surface area contributed by atoms with Gasteiger partial charge in [0.1, 0.15) is 12.3 Å². The van der Waals surface area contributed by atoms with Crippen LogP contribution in [0.4, 0.5) is 11.4 Å². The SMILES string of the molecule is Cc1ccc(S(=O)(=O)N2c3ccccc3[C@H]3N(CCCN(C)C)[C@H]2c2ccccc2N3S(=O)(=O)c2ccc(C)cc2)cc1. The fourth-order valence-electron chi connectivity index (χ4n) is 6.07. The minimum absolute atomic E-state index is 0.187. The number of para-hydroxylation sites is 2. The van der Waals surface area contributed by atoms with Crippen molar-refractivity contribution in [2.75, 3.05) is 35.8 Å². The summed E-state index contributed by atoms with van der Waals surface area (Å²) in [5.74, 6) is 0. The maximum absolute atomic E-state index is 14.6. The van der Waals surface area contributed by atoms with Gasteiger partial charge in [0, 0.05) is 17.7 Å². The van der Waals surface area contributed by atoms with Crippen molar-refractivity contribution in [3.05, 3.63) is 119 Å². The Morgan fingerprint density at radius 1 is 0.605 bits per heavy atom. The standard InChI is InChI=1S/C33H36N4O4S2/c1-24-14-18-26(19-15-24)42(38,39)36-30-12-7-5-10-28(30)33-35(23-9-22-34(3)4)32(36)29-11-6-8-13-31(29)37(33)43(40,41)27-20-16-25(2)17-21-27/h5-8,10-21,32-33H,9,22-23H2,1-4H3/t32-,33+. The molecular formula is C33H36N4O4S2. The Bertz CT molecular complexity index is 1730. The molecular weight excluding hydrogens is 581 g/mol. The second-order valence-electron chi connectivity index (χ2n) is 11.5. The van der Waals surface area contributed by atoms with Gasteiger partial charge in [-0.25, -0.2) is 25.4 Å². The fraction of sp³-hybridized carbons (Fsp3) is 0.273. The molecule has 2 heterocycles. The Morgan fingerprint density at radius 2 is 1.00 bits per heavy atom. The molecule has 8 nitrogen and oxygen atoms in total. The van der Waals surface area contributed by atoms with E-state index in [-0.39, 0.29) is 9.79 Å². The minimum atomic E-state index is -4.06. The number of nitrogens with zero attached hydrogens (tertiary/aromatic N) is 4. The molecule has 0 N–H and O–H groups in total. The van der Waals surface area contributed by atoms with Gasteiger partial charge in [-0.3, -0.25) is 4.90 Å². The zero-order valence-electron chi connectivity index (χ0n) is 24.8. The van der Waals surface area contributed by atoms with Crippen LogP contribution in [0.15, 0.2) is 107 Å². The molecule has 2 aliphatic rings. The predicted molar refractivity (Wildman–Crippen MR) is 170 cm³/mol. The Labute approximate surface area is 254 Å². The van der Waals surface area contributed by atoms with Gasteiger partial charge in [-0.1, -0.05) is 71.8 Å². The van der Waals surface area contributed by atoms with E-state index in [0.717, 1.165) is 17.7 Å². The van der Waals surface area contributed by atoms with Crippen molar-refractivity contribution in [3.8, 4) is 0 Å². The predicted octanol–water partition coefficient (Wildman–Crippen LogP) is 5.67. The molecule has 6 rings (SSSR count). The smallest absolute Gasteiger partial charge is 0.265 e. The summed E-state index contributed by atoms with van der Waals surface area (Å²) in [5.41, 5.74) is 4.10.